The van der Waals surface area contributed by atoms with E-state index < -0.39 is 11.7 Å². The van der Waals surface area contributed by atoms with E-state index in [0.29, 0.717) is 16.3 Å². The molecular formula is C19H11Cl2FN2O2. The summed E-state index contributed by atoms with van der Waals surface area (Å²) in [7, 11) is 0. The Morgan fingerprint density at radius 1 is 1.31 bits per heavy atom. The van der Waals surface area contributed by atoms with Crippen molar-refractivity contribution >= 4 is 40.9 Å². The van der Waals surface area contributed by atoms with Gasteiger partial charge in [-0.2, -0.15) is 5.26 Å². The first kappa shape index (κ1) is 19.3. The Hall–Kier alpha value is -2.99. The van der Waals surface area contributed by atoms with Gasteiger partial charge in [-0.15, -0.1) is 6.42 Å². The van der Waals surface area contributed by atoms with E-state index in [9.17, 15) is 14.4 Å². The number of hydrogen-bond acceptors (Lipinski definition) is 3. The Kier molecular flexibility index (Phi) is 6.63. The number of carbonyl (C=O) groups is 1. The van der Waals surface area contributed by atoms with Crippen molar-refractivity contribution in [2.75, 3.05) is 11.9 Å². The van der Waals surface area contributed by atoms with E-state index in [4.69, 9.17) is 34.4 Å². The largest absolute Gasteiger partial charge is 0.479 e. The fourth-order valence-corrected chi connectivity index (χ4v) is 2.55. The molecule has 26 heavy (non-hydrogen) atoms. The lowest BCUT2D eigenvalue weighted by Gasteiger charge is -2.10. The lowest BCUT2D eigenvalue weighted by Crippen LogP contribution is -2.13. The molecule has 0 saturated heterocycles. The number of hydrogen-bond donors (Lipinski definition) is 1. The zero-order valence-corrected chi connectivity index (χ0v) is 14.7. The molecule has 0 aliphatic carbocycles. The third kappa shape index (κ3) is 5.00. The molecule has 4 nitrogen and oxygen atoms in total. The Morgan fingerprint density at radius 2 is 2.00 bits per heavy atom. The van der Waals surface area contributed by atoms with Gasteiger partial charge in [-0.1, -0.05) is 29.1 Å². The first-order chi connectivity index (χ1) is 12.4. The van der Waals surface area contributed by atoms with Crippen LogP contribution in [0.1, 0.15) is 5.56 Å². The van der Waals surface area contributed by atoms with Gasteiger partial charge >= 0.3 is 0 Å². The summed E-state index contributed by atoms with van der Waals surface area (Å²) in [6, 6.07) is 9.87. The molecule has 2 rings (SSSR count). The number of benzene rings is 2. The molecule has 0 unspecified atom stereocenters. The molecule has 0 aliphatic rings. The lowest BCUT2D eigenvalue weighted by atomic mass is 10.1. The third-order valence-electron chi connectivity index (χ3n) is 3.10. The molecule has 1 N–H and O–H groups in total. The van der Waals surface area contributed by atoms with Crippen LogP contribution in [0.4, 0.5) is 10.1 Å². The molecule has 0 bridgehead atoms. The second kappa shape index (κ2) is 8.92. The topological polar surface area (TPSA) is 62.1 Å². The van der Waals surface area contributed by atoms with Crippen molar-refractivity contribution in [1.29, 1.82) is 5.26 Å². The van der Waals surface area contributed by atoms with Crippen LogP contribution in [0.5, 0.6) is 5.75 Å². The van der Waals surface area contributed by atoms with E-state index in [2.05, 4.69) is 11.2 Å². The summed E-state index contributed by atoms with van der Waals surface area (Å²) in [5.41, 5.74) is 0.437. The molecule has 0 aromatic heterocycles. The number of rotatable bonds is 5. The molecule has 0 aliphatic heterocycles. The van der Waals surface area contributed by atoms with Crippen molar-refractivity contribution in [2.45, 2.75) is 0 Å². The van der Waals surface area contributed by atoms with E-state index in [-0.39, 0.29) is 23.0 Å². The number of ether oxygens (including phenoxy) is 1. The van der Waals surface area contributed by atoms with E-state index >= 15 is 0 Å². The molecule has 0 radical (unpaired) electrons. The monoisotopic (exact) mass is 388 g/mol. The first-order valence-corrected chi connectivity index (χ1v) is 7.94. The Labute approximate surface area is 159 Å². The average Bonchev–Trinajstić information content (AvgIpc) is 2.60. The summed E-state index contributed by atoms with van der Waals surface area (Å²) < 4.78 is 18.3. The van der Waals surface area contributed by atoms with Crippen LogP contribution in [0, 0.1) is 29.5 Å². The fourth-order valence-electron chi connectivity index (χ4n) is 1.99. The maximum atomic E-state index is 12.9. The minimum atomic E-state index is -0.682. The highest BCUT2D eigenvalue weighted by Gasteiger charge is 2.14. The van der Waals surface area contributed by atoms with Crippen LogP contribution < -0.4 is 10.1 Å². The summed E-state index contributed by atoms with van der Waals surface area (Å²) in [5.74, 6) is 1.38. The summed E-state index contributed by atoms with van der Waals surface area (Å²) in [5, 5.41) is 12.3. The molecular weight excluding hydrogens is 378 g/mol. The maximum Gasteiger partial charge on any atom is 0.266 e. The molecule has 0 fully saturated rings. The number of nitrogens with zero attached hydrogens (tertiary/aromatic N) is 1. The first-order valence-electron chi connectivity index (χ1n) is 7.18. The smallest absolute Gasteiger partial charge is 0.266 e. The quantitative estimate of drug-likeness (QED) is 0.459. The highest BCUT2D eigenvalue weighted by molar-refractivity contribution is 6.36. The van der Waals surface area contributed by atoms with Gasteiger partial charge in [0.25, 0.3) is 5.91 Å². The van der Waals surface area contributed by atoms with Crippen LogP contribution in [0.15, 0.2) is 42.0 Å². The summed E-state index contributed by atoms with van der Waals surface area (Å²) in [6.07, 6.45) is 6.46. The Morgan fingerprint density at radius 3 is 2.62 bits per heavy atom. The van der Waals surface area contributed by atoms with Gasteiger partial charge in [-0.05, 0) is 42.5 Å². The molecule has 0 spiro atoms. The van der Waals surface area contributed by atoms with Crippen molar-refractivity contribution in [2.24, 2.45) is 0 Å². The van der Waals surface area contributed by atoms with Gasteiger partial charge in [0, 0.05) is 16.3 Å². The standard InChI is InChI=1S/C19H11Cl2FN2O2/c1-2-7-26-18-12(9-14(20)10-17(18)21)8-13(11-23)19(25)24-16-5-3-15(22)4-6-16/h1,3-6,8-10H,7H2,(H,24,25)/b13-8+. The van der Waals surface area contributed by atoms with Crippen LogP contribution in [0.2, 0.25) is 10.0 Å². The average molecular weight is 389 g/mol. The van der Waals surface area contributed by atoms with Crippen LogP contribution in [-0.4, -0.2) is 12.5 Å². The van der Waals surface area contributed by atoms with Crippen LogP contribution >= 0.6 is 23.2 Å². The number of nitriles is 1. The molecule has 1 amide bonds. The molecule has 130 valence electrons. The zero-order chi connectivity index (χ0) is 19.1. The van der Waals surface area contributed by atoms with Gasteiger partial charge < -0.3 is 10.1 Å². The zero-order valence-electron chi connectivity index (χ0n) is 13.2. The number of anilines is 1. The van der Waals surface area contributed by atoms with Crippen LogP contribution in [0.3, 0.4) is 0 Å². The second-order valence-corrected chi connectivity index (χ2v) is 5.77. The normalized spacial score (nSPS) is 10.6. The number of amides is 1. The summed E-state index contributed by atoms with van der Waals surface area (Å²) in [4.78, 5) is 12.3. The molecule has 0 saturated carbocycles. The van der Waals surface area contributed by atoms with E-state index in [1.807, 2.05) is 0 Å². The van der Waals surface area contributed by atoms with Gasteiger partial charge in [0.2, 0.25) is 0 Å². The number of carbonyl (C=O) groups excluding carboxylic acids is 1. The van der Waals surface area contributed by atoms with Crippen molar-refractivity contribution < 1.29 is 13.9 Å². The van der Waals surface area contributed by atoms with Gasteiger partial charge in [-0.25, -0.2) is 4.39 Å². The third-order valence-corrected chi connectivity index (χ3v) is 3.60. The van der Waals surface area contributed by atoms with Gasteiger partial charge in [-0.3, -0.25) is 4.79 Å². The number of halogens is 3. The van der Waals surface area contributed by atoms with E-state index in [0.717, 1.165) is 0 Å². The Bertz CT molecular complexity index is 942. The Balaban J connectivity index is 2.36. The van der Waals surface area contributed by atoms with Gasteiger partial charge in [0.15, 0.2) is 0 Å². The SMILES string of the molecule is C#CCOc1c(Cl)cc(Cl)cc1/C=C(\C#N)C(=O)Nc1ccc(F)cc1. The maximum absolute atomic E-state index is 12.9. The minimum Gasteiger partial charge on any atom is -0.479 e. The van der Waals surface area contributed by atoms with Crippen molar-refractivity contribution in [3.8, 4) is 24.2 Å². The van der Waals surface area contributed by atoms with Crippen molar-refractivity contribution in [3.05, 3.63) is 63.4 Å². The number of terminal acetylenes is 1. The molecule has 0 heterocycles. The lowest BCUT2D eigenvalue weighted by molar-refractivity contribution is -0.112. The van der Waals surface area contributed by atoms with Crippen molar-refractivity contribution in [1.82, 2.24) is 0 Å². The molecule has 7 heteroatoms. The van der Waals surface area contributed by atoms with Crippen LogP contribution in [-0.2, 0) is 4.79 Å². The molecule has 2 aromatic rings. The number of nitrogens with one attached hydrogen (secondary N) is 1. The van der Waals surface area contributed by atoms with Crippen LogP contribution in [0.25, 0.3) is 6.08 Å². The molecule has 2 aromatic carbocycles. The predicted molar refractivity (Wildman–Crippen MR) is 99.4 cm³/mol. The fraction of sp³-hybridized carbons (Fsp3) is 0.0526. The minimum absolute atomic E-state index is 0.0497. The molecule has 0 atom stereocenters. The highest BCUT2D eigenvalue weighted by atomic mass is 35.5. The van der Waals surface area contributed by atoms with Gasteiger partial charge in [0.05, 0.1) is 5.02 Å². The summed E-state index contributed by atoms with van der Waals surface area (Å²) >= 11 is 12.1. The van der Waals surface area contributed by atoms with Crippen molar-refractivity contribution in [3.63, 3.8) is 0 Å². The highest BCUT2D eigenvalue weighted by Crippen LogP contribution is 2.34. The van der Waals surface area contributed by atoms with E-state index in [1.54, 1.807) is 6.07 Å². The second-order valence-electron chi connectivity index (χ2n) is 4.93. The van der Waals surface area contributed by atoms with Gasteiger partial charge in [0.1, 0.15) is 29.8 Å². The summed E-state index contributed by atoms with van der Waals surface area (Å²) in [6.45, 7) is -0.0497. The van der Waals surface area contributed by atoms with E-state index in [1.165, 1.54) is 42.5 Å². The predicted octanol–water partition coefficient (Wildman–Crippen LogP) is 4.69.